The molecule has 1 fully saturated rings. The lowest BCUT2D eigenvalue weighted by Gasteiger charge is -2.53. The third kappa shape index (κ3) is 1.89. The average Bonchev–Trinajstić information content (AvgIpc) is 2.26. The van der Waals surface area contributed by atoms with Gasteiger partial charge < -0.3 is 5.32 Å². The van der Waals surface area contributed by atoms with Crippen molar-refractivity contribution in [3.63, 3.8) is 0 Å². The molecular formula is C15H23N. The molecule has 2 rings (SSSR count). The van der Waals surface area contributed by atoms with Crippen LogP contribution in [0.1, 0.15) is 44.2 Å². The van der Waals surface area contributed by atoms with E-state index >= 15 is 0 Å². The second-order valence-corrected chi connectivity index (χ2v) is 5.63. The highest BCUT2D eigenvalue weighted by Gasteiger charge is 2.47. The maximum absolute atomic E-state index is 3.58. The molecule has 2 unspecified atom stereocenters. The highest BCUT2D eigenvalue weighted by atomic mass is 15.0. The van der Waals surface area contributed by atoms with E-state index in [4.69, 9.17) is 0 Å². The van der Waals surface area contributed by atoms with Gasteiger partial charge in [-0.05, 0) is 36.8 Å². The molecular weight excluding hydrogens is 194 g/mol. The van der Waals surface area contributed by atoms with Crippen LogP contribution in [-0.4, -0.2) is 12.6 Å². The second kappa shape index (κ2) is 4.21. The number of aryl methyl sites for hydroxylation is 1. The van der Waals surface area contributed by atoms with Crippen molar-refractivity contribution in [2.75, 3.05) is 6.54 Å². The van der Waals surface area contributed by atoms with Gasteiger partial charge in [-0.2, -0.15) is 0 Å². The van der Waals surface area contributed by atoms with Crippen molar-refractivity contribution < 1.29 is 0 Å². The smallest absolute Gasteiger partial charge is 0.0130 e. The Kier molecular flexibility index (Phi) is 3.07. The third-order valence-corrected chi connectivity index (χ3v) is 4.20. The summed E-state index contributed by atoms with van der Waals surface area (Å²) in [4.78, 5) is 0. The Hall–Kier alpha value is -0.820. The van der Waals surface area contributed by atoms with E-state index in [-0.39, 0.29) is 0 Å². The Balaban J connectivity index is 2.11. The fourth-order valence-corrected chi connectivity index (χ4v) is 2.88. The van der Waals surface area contributed by atoms with Gasteiger partial charge in [0.1, 0.15) is 0 Å². The molecule has 1 saturated carbocycles. The molecule has 1 aliphatic rings. The number of benzene rings is 1. The number of hydrogen-bond donors (Lipinski definition) is 1. The Morgan fingerprint density at radius 1 is 1.25 bits per heavy atom. The van der Waals surface area contributed by atoms with Crippen molar-refractivity contribution in [3.8, 4) is 0 Å². The summed E-state index contributed by atoms with van der Waals surface area (Å²) < 4.78 is 0. The average molecular weight is 217 g/mol. The van der Waals surface area contributed by atoms with Crippen molar-refractivity contribution >= 4 is 0 Å². The first-order valence-corrected chi connectivity index (χ1v) is 6.35. The topological polar surface area (TPSA) is 12.0 Å². The van der Waals surface area contributed by atoms with Crippen LogP contribution in [0.2, 0.25) is 0 Å². The first kappa shape index (κ1) is 11.7. The van der Waals surface area contributed by atoms with Crippen molar-refractivity contribution in [1.29, 1.82) is 0 Å². The molecule has 0 aliphatic heterocycles. The van der Waals surface area contributed by atoms with E-state index in [1.165, 1.54) is 17.5 Å². The van der Waals surface area contributed by atoms with Gasteiger partial charge in [0.25, 0.3) is 0 Å². The Morgan fingerprint density at radius 2 is 1.88 bits per heavy atom. The van der Waals surface area contributed by atoms with Gasteiger partial charge in [-0.1, -0.05) is 50.6 Å². The normalized spacial score (nSPS) is 27.5. The number of rotatable bonds is 3. The minimum Gasteiger partial charge on any atom is -0.314 e. The van der Waals surface area contributed by atoms with Crippen LogP contribution < -0.4 is 5.32 Å². The Bertz CT molecular complexity index is 350. The minimum absolute atomic E-state index is 0.394. The summed E-state index contributed by atoms with van der Waals surface area (Å²) in [5, 5.41) is 3.58. The van der Waals surface area contributed by atoms with Crippen LogP contribution >= 0.6 is 0 Å². The summed E-state index contributed by atoms with van der Waals surface area (Å²) in [6.07, 6.45) is 1.28. The molecule has 0 heterocycles. The van der Waals surface area contributed by atoms with Gasteiger partial charge in [-0.25, -0.2) is 0 Å². The molecule has 16 heavy (non-hydrogen) atoms. The van der Waals surface area contributed by atoms with Gasteiger partial charge in [0.05, 0.1) is 0 Å². The lowest BCUT2D eigenvalue weighted by atomic mass is 9.56. The zero-order valence-electron chi connectivity index (χ0n) is 10.9. The second-order valence-electron chi connectivity index (χ2n) is 5.63. The van der Waals surface area contributed by atoms with E-state index < -0.39 is 0 Å². The van der Waals surface area contributed by atoms with Crippen LogP contribution in [-0.2, 0) is 0 Å². The molecule has 88 valence electrons. The predicted molar refractivity (Wildman–Crippen MR) is 69.8 cm³/mol. The van der Waals surface area contributed by atoms with E-state index in [0.29, 0.717) is 11.5 Å². The van der Waals surface area contributed by atoms with Crippen molar-refractivity contribution in [1.82, 2.24) is 5.32 Å². The summed E-state index contributed by atoms with van der Waals surface area (Å²) in [5.41, 5.74) is 3.25. The van der Waals surface area contributed by atoms with Crippen LogP contribution in [0.15, 0.2) is 24.3 Å². The zero-order chi connectivity index (χ0) is 11.8. The minimum atomic E-state index is 0.394. The van der Waals surface area contributed by atoms with E-state index in [2.05, 4.69) is 57.3 Å². The Labute approximate surface area is 99.3 Å². The molecule has 1 N–H and O–H groups in total. The lowest BCUT2D eigenvalue weighted by molar-refractivity contribution is 0.0706. The molecule has 0 aromatic heterocycles. The van der Waals surface area contributed by atoms with E-state index in [9.17, 15) is 0 Å². The number of nitrogens with one attached hydrogen (secondary N) is 1. The quantitative estimate of drug-likeness (QED) is 0.817. The summed E-state index contributed by atoms with van der Waals surface area (Å²) >= 11 is 0. The van der Waals surface area contributed by atoms with E-state index in [0.717, 1.165) is 12.5 Å². The monoisotopic (exact) mass is 217 g/mol. The highest BCUT2D eigenvalue weighted by Crippen LogP contribution is 2.52. The van der Waals surface area contributed by atoms with Crippen molar-refractivity contribution in [3.05, 3.63) is 35.4 Å². The van der Waals surface area contributed by atoms with Gasteiger partial charge in [0.2, 0.25) is 0 Å². The van der Waals surface area contributed by atoms with Crippen molar-refractivity contribution in [2.24, 2.45) is 5.41 Å². The first-order valence-electron chi connectivity index (χ1n) is 6.35. The van der Waals surface area contributed by atoms with Crippen molar-refractivity contribution in [2.45, 2.75) is 46.1 Å². The molecule has 1 heteroatoms. The van der Waals surface area contributed by atoms with E-state index in [1.54, 1.807) is 0 Å². The molecule has 1 aromatic rings. The molecule has 0 saturated heterocycles. The van der Waals surface area contributed by atoms with E-state index in [1.807, 2.05) is 0 Å². The van der Waals surface area contributed by atoms with Gasteiger partial charge in [-0.15, -0.1) is 0 Å². The fourth-order valence-electron chi connectivity index (χ4n) is 2.88. The molecule has 1 aromatic carbocycles. The molecule has 2 atom stereocenters. The van der Waals surface area contributed by atoms with Crippen LogP contribution in [0.5, 0.6) is 0 Å². The summed E-state index contributed by atoms with van der Waals surface area (Å²) in [6, 6.07) is 9.73. The molecule has 0 amide bonds. The molecule has 0 radical (unpaired) electrons. The SMILES string of the molecule is CCNC1CC(c2ccc(C)cc2)C1(C)C. The largest absolute Gasteiger partial charge is 0.314 e. The standard InChI is InChI=1S/C15H23N/c1-5-16-14-10-13(15(14,3)4)12-8-6-11(2)7-9-12/h6-9,13-14,16H,5,10H2,1-4H3. The lowest BCUT2D eigenvalue weighted by Crippen LogP contribution is -2.55. The first-order chi connectivity index (χ1) is 7.55. The van der Waals surface area contributed by atoms with Gasteiger partial charge in [0.15, 0.2) is 0 Å². The maximum Gasteiger partial charge on any atom is 0.0130 e. The molecule has 0 spiro atoms. The van der Waals surface area contributed by atoms with Gasteiger partial charge in [0, 0.05) is 6.04 Å². The highest BCUT2D eigenvalue weighted by molar-refractivity contribution is 5.30. The maximum atomic E-state index is 3.58. The summed E-state index contributed by atoms with van der Waals surface area (Å²) in [5.74, 6) is 0.720. The summed E-state index contributed by atoms with van der Waals surface area (Å²) in [7, 11) is 0. The Morgan fingerprint density at radius 3 is 2.38 bits per heavy atom. The van der Waals surface area contributed by atoms with Crippen LogP contribution in [0.3, 0.4) is 0 Å². The van der Waals surface area contributed by atoms with Crippen LogP contribution in [0.4, 0.5) is 0 Å². The zero-order valence-corrected chi connectivity index (χ0v) is 10.9. The van der Waals surface area contributed by atoms with Gasteiger partial charge in [-0.3, -0.25) is 0 Å². The van der Waals surface area contributed by atoms with Crippen LogP contribution in [0.25, 0.3) is 0 Å². The predicted octanol–water partition coefficient (Wildman–Crippen LogP) is 3.49. The fraction of sp³-hybridized carbons (Fsp3) is 0.600. The third-order valence-electron chi connectivity index (χ3n) is 4.20. The summed E-state index contributed by atoms with van der Waals surface area (Å²) in [6.45, 7) is 10.2. The molecule has 1 nitrogen and oxygen atoms in total. The molecule has 1 aliphatic carbocycles. The number of hydrogen-bond acceptors (Lipinski definition) is 1. The van der Waals surface area contributed by atoms with Gasteiger partial charge >= 0.3 is 0 Å². The van der Waals surface area contributed by atoms with Crippen LogP contribution in [0, 0.1) is 12.3 Å². The molecule has 0 bridgehead atoms.